The van der Waals surface area contributed by atoms with E-state index in [4.69, 9.17) is 14.5 Å². The maximum atomic E-state index is 13.1. The van der Waals surface area contributed by atoms with Crippen LogP contribution in [-0.4, -0.2) is 30.3 Å². The van der Waals surface area contributed by atoms with Crippen molar-refractivity contribution in [2.45, 2.75) is 38.8 Å². The molecule has 0 atom stereocenters. The van der Waals surface area contributed by atoms with Crippen molar-refractivity contribution in [1.82, 2.24) is 10.1 Å². The minimum Gasteiger partial charge on any atom is -0.493 e. The van der Waals surface area contributed by atoms with Crippen molar-refractivity contribution < 1.29 is 22.4 Å². The molecule has 0 saturated heterocycles. The second-order valence-electron chi connectivity index (χ2n) is 6.77. The highest BCUT2D eigenvalue weighted by Crippen LogP contribution is 2.38. The number of alkyl halides is 3. The summed E-state index contributed by atoms with van der Waals surface area (Å²) < 4.78 is 50.2. The number of ether oxygens (including phenoxy) is 1. The molecule has 10 heteroatoms. The summed E-state index contributed by atoms with van der Waals surface area (Å²) in [7, 11) is 1.91. The van der Waals surface area contributed by atoms with E-state index in [-0.39, 0.29) is 11.0 Å². The van der Waals surface area contributed by atoms with Gasteiger partial charge in [-0.05, 0) is 25.0 Å². The van der Waals surface area contributed by atoms with Gasteiger partial charge in [0.1, 0.15) is 5.75 Å². The molecule has 2 heterocycles. The van der Waals surface area contributed by atoms with Crippen LogP contribution in [0, 0.1) is 11.3 Å². The van der Waals surface area contributed by atoms with Gasteiger partial charge >= 0.3 is 6.18 Å². The monoisotopic (exact) mass is 438 g/mol. The first-order chi connectivity index (χ1) is 14.3. The first-order valence-electron chi connectivity index (χ1n) is 9.49. The van der Waals surface area contributed by atoms with Crippen LogP contribution >= 0.6 is 11.3 Å². The molecule has 160 valence electrons. The number of aryl methyl sites for hydroxylation is 1. The minimum absolute atomic E-state index is 0.0463. The molecule has 0 aliphatic carbocycles. The Morgan fingerprint density at radius 3 is 2.83 bits per heavy atom. The van der Waals surface area contributed by atoms with E-state index >= 15 is 0 Å². The van der Waals surface area contributed by atoms with Crippen molar-refractivity contribution in [2.75, 3.05) is 25.1 Å². The number of benzene rings is 1. The highest BCUT2D eigenvalue weighted by Gasteiger charge is 2.37. The molecule has 0 spiro atoms. The van der Waals surface area contributed by atoms with Gasteiger partial charge < -0.3 is 14.2 Å². The summed E-state index contributed by atoms with van der Waals surface area (Å²) in [6.07, 6.45) is -0.568. The normalized spacial score (nSPS) is 11.6. The Balaban J connectivity index is 1.65. The number of hydrogen-bond acceptors (Lipinski definition) is 7. The maximum Gasteiger partial charge on any atom is 0.437 e. The van der Waals surface area contributed by atoms with Crippen LogP contribution in [0.2, 0.25) is 0 Å². The molecule has 0 unspecified atom stereocenters. The fraction of sp³-hybridized carbons (Fsp3) is 0.450. The Labute approximate surface area is 175 Å². The summed E-state index contributed by atoms with van der Waals surface area (Å²) in [5, 5.41) is 12.8. The summed E-state index contributed by atoms with van der Waals surface area (Å²) in [4.78, 5) is 7.21. The maximum absolute atomic E-state index is 13.1. The van der Waals surface area contributed by atoms with E-state index in [0.717, 1.165) is 16.4 Å². The molecule has 0 aliphatic rings. The summed E-state index contributed by atoms with van der Waals surface area (Å²) >= 11 is 1.47. The molecule has 0 fully saturated rings. The van der Waals surface area contributed by atoms with Gasteiger partial charge in [-0.3, -0.25) is 0 Å². The zero-order chi connectivity index (χ0) is 21.7. The lowest BCUT2D eigenvalue weighted by Crippen LogP contribution is -2.20. The first-order valence-corrected chi connectivity index (χ1v) is 10.3. The minimum atomic E-state index is -4.56. The van der Waals surface area contributed by atoms with Gasteiger partial charge in [0.25, 0.3) is 0 Å². The van der Waals surface area contributed by atoms with Crippen molar-refractivity contribution in [1.29, 1.82) is 5.26 Å². The van der Waals surface area contributed by atoms with Gasteiger partial charge in [0.15, 0.2) is 16.4 Å². The van der Waals surface area contributed by atoms with E-state index in [1.54, 1.807) is 12.3 Å². The zero-order valence-corrected chi connectivity index (χ0v) is 17.4. The molecule has 0 amide bonds. The zero-order valence-electron chi connectivity index (χ0n) is 16.6. The van der Waals surface area contributed by atoms with Crippen LogP contribution in [0.5, 0.6) is 5.75 Å². The first kappa shape index (κ1) is 21.9. The average molecular weight is 438 g/mol. The van der Waals surface area contributed by atoms with Crippen LogP contribution in [0.15, 0.2) is 22.9 Å². The van der Waals surface area contributed by atoms with Crippen molar-refractivity contribution in [3.05, 3.63) is 34.5 Å². The summed E-state index contributed by atoms with van der Waals surface area (Å²) in [5.74, 6) is 0.516. The predicted molar refractivity (Wildman–Crippen MR) is 108 cm³/mol. The Hall–Kier alpha value is -2.80. The van der Waals surface area contributed by atoms with Crippen LogP contribution in [-0.2, 0) is 19.0 Å². The number of halogens is 3. The summed E-state index contributed by atoms with van der Waals surface area (Å²) in [5.41, 5.74) is -0.277. The quantitative estimate of drug-likeness (QED) is 0.426. The fourth-order valence-corrected chi connectivity index (χ4v) is 3.91. The van der Waals surface area contributed by atoms with Gasteiger partial charge in [-0.25, -0.2) is 4.98 Å². The second-order valence-corrected chi connectivity index (χ2v) is 7.86. The third-order valence-electron chi connectivity index (χ3n) is 4.49. The van der Waals surface area contributed by atoms with E-state index in [9.17, 15) is 13.2 Å². The number of fused-ring (bicyclic) bond motifs is 1. The van der Waals surface area contributed by atoms with Gasteiger partial charge in [-0.1, -0.05) is 18.5 Å². The van der Waals surface area contributed by atoms with Gasteiger partial charge in [-0.2, -0.15) is 18.4 Å². The number of rotatable bonds is 9. The van der Waals surface area contributed by atoms with Crippen LogP contribution in [0.4, 0.5) is 18.3 Å². The molecule has 30 heavy (non-hydrogen) atoms. The molecule has 0 aliphatic heterocycles. The number of hydrogen-bond donors (Lipinski definition) is 0. The Bertz CT molecular complexity index is 1040. The lowest BCUT2D eigenvalue weighted by molar-refractivity contribution is -0.141. The third-order valence-corrected chi connectivity index (χ3v) is 5.60. The van der Waals surface area contributed by atoms with E-state index < -0.39 is 11.9 Å². The van der Waals surface area contributed by atoms with Crippen LogP contribution in [0.25, 0.3) is 11.0 Å². The van der Waals surface area contributed by atoms with Crippen molar-refractivity contribution in [3.63, 3.8) is 0 Å². The molecule has 0 saturated carbocycles. The molecule has 1 aromatic carbocycles. The lowest BCUT2D eigenvalue weighted by Gasteiger charge is -2.16. The van der Waals surface area contributed by atoms with Crippen molar-refractivity contribution in [3.8, 4) is 11.8 Å². The molecule has 3 aromatic rings. The van der Waals surface area contributed by atoms with Gasteiger partial charge in [-0.15, -0.1) is 11.3 Å². The fourth-order valence-electron chi connectivity index (χ4n) is 3.08. The topological polar surface area (TPSA) is 75.2 Å². The molecule has 0 N–H and O–H groups in total. The van der Waals surface area contributed by atoms with Crippen LogP contribution in [0.1, 0.15) is 35.9 Å². The Morgan fingerprint density at radius 2 is 2.13 bits per heavy atom. The number of anilines is 1. The van der Waals surface area contributed by atoms with Gasteiger partial charge in [0.2, 0.25) is 0 Å². The highest BCUT2D eigenvalue weighted by molar-refractivity contribution is 7.15. The lowest BCUT2D eigenvalue weighted by atomic mass is 10.0. The van der Waals surface area contributed by atoms with Crippen LogP contribution < -0.4 is 9.64 Å². The number of nitriles is 1. The molecule has 0 bridgehead atoms. The van der Waals surface area contributed by atoms with Crippen molar-refractivity contribution in [2.24, 2.45) is 0 Å². The van der Waals surface area contributed by atoms with E-state index in [2.05, 4.69) is 16.2 Å². The summed E-state index contributed by atoms with van der Waals surface area (Å²) in [6, 6.07) is 5.00. The summed E-state index contributed by atoms with van der Waals surface area (Å²) in [6.45, 7) is 3.02. The molecule has 3 rings (SSSR count). The third kappa shape index (κ3) is 4.84. The molecule has 2 aromatic heterocycles. The Morgan fingerprint density at radius 1 is 1.33 bits per heavy atom. The molecular formula is C20H21F3N4O2S. The molecule has 6 nitrogen and oxygen atoms in total. The van der Waals surface area contributed by atoms with E-state index in [0.29, 0.717) is 43.7 Å². The smallest absolute Gasteiger partial charge is 0.437 e. The number of nitrogens with zero attached hydrogens (tertiary/aromatic N) is 4. The molecular weight excluding hydrogens is 417 g/mol. The highest BCUT2D eigenvalue weighted by atomic mass is 32.1. The van der Waals surface area contributed by atoms with E-state index in [1.807, 2.05) is 18.9 Å². The second kappa shape index (κ2) is 9.34. The van der Waals surface area contributed by atoms with E-state index in [1.165, 1.54) is 17.4 Å². The van der Waals surface area contributed by atoms with Crippen LogP contribution in [0.3, 0.4) is 0 Å². The predicted octanol–water partition coefficient (Wildman–Crippen LogP) is 5.23. The van der Waals surface area contributed by atoms with Gasteiger partial charge in [0.05, 0.1) is 24.5 Å². The number of thiazole rings is 1. The van der Waals surface area contributed by atoms with Gasteiger partial charge in [0, 0.05) is 30.2 Å². The Kier molecular flexibility index (Phi) is 6.82. The molecule has 0 radical (unpaired) electrons. The largest absolute Gasteiger partial charge is 0.493 e. The van der Waals surface area contributed by atoms with Crippen molar-refractivity contribution >= 4 is 27.4 Å². The number of aromatic nitrogens is 2. The average Bonchev–Trinajstić information content (AvgIpc) is 3.33. The standard InChI is InChI=1S/C20H21F3N4O2S/c1-3-5-14-16(7-6-15-17(14)29-26-18(15)20(21,22)23)28-11-4-10-27(2)19-25-12-13(30-19)8-9-24/h6-7,12H,3-5,8,10-11H2,1-2H3. The SMILES string of the molecule is CCCc1c(OCCCN(C)c2ncc(CC#N)s2)ccc2c(C(F)(F)F)noc12.